The van der Waals surface area contributed by atoms with Gasteiger partial charge in [-0.05, 0) is 24.3 Å². The molecule has 0 spiro atoms. The number of ether oxygens (including phenoxy) is 1. The highest BCUT2D eigenvalue weighted by Crippen LogP contribution is 2.26. The maximum Gasteiger partial charge on any atom is 0.263 e. The van der Waals surface area contributed by atoms with E-state index in [2.05, 4.69) is 9.71 Å². The van der Waals surface area contributed by atoms with E-state index < -0.39 is 10.0 Å². The first-order valence-corrected chi connectivity index (χ1v) is 7.81. The Morgan fingerprint density at radius 2 is 2.05 bits per heavy atom. The number of thiocarbonyl (C=S) groups is 1. The van der Waals surface area contributed by atoms with Crippen LogP contribution in [0.3, 0.4) is 0 Å². The summed E-state index contributed by atoms with van der Waals surface area (Å²) in [5, 5.41) is 0. The van der Waals surface area contributed by atoms with Crippen LogP contribution in [0.2, 0.25) is 0 Å². The number of rotatable bonds is 6. The van der Waals surface area contributed by atoms with Crippen molar-refractivity contribution in [1.29, 1.82) is 0 Å². The molecular weight excluding hydrogens is 310 g/mol. The number of aromatic nitrogens is 1. The molecule has 0 aliphatic carbocycles. The van der Waals surface area contributed by atoms with Crippen molar-refractivity contribution < 1.29 is 13.2 Å². The van der Waals surface area contributed by atoms with Crippen LogP contribution < -0.4 is 15.2 Å². The first-order valence-electron chi connectivity index (χ1n) is 5.92. The summed E-state index contributed by atoms with van der Waals surface area (Å²) in [4.78, 5) is 4.03. The lowest BCUT2D eigenvalue weighted by Crippen LogP contribution is -2.19. The summed E-state index contributed by atoms with van der Waals surface area (Å²) in [6, 6.07) is 9.62. The summed E-state index contributed by atoms with van der Waals surface area (Å²) in [5.74, 6) is 0.345. The van der Waals surface area contributed by atoms with E-state index in [4.69, 9.17) is 22.7 Å². The van der Waals surface area contributed by atoms with E-state index in [0.29, 0.717) is 11.4 Å². The zero-order valence-corrected chi connectivity index (χ0v) is 12.5. The average molecular weight is 323 g/mol. The fraction of sp³-hybridized carbons (Fsp3) is 0.0769. The Bertz CT molecular complexity index is 733. The van der Waals surface area contributed by atoms with E-state index in [1.165, 1.54) is 18.5 Å². The molecule has 110 valence electrons. The molecule has 0 atom stereocenters. The Morgan fingerprint density at radius 3 is 2.71 bits per heavy atom. The quantitative estimate of drug-likeness (QED) is 0.783. The summed E-state index contributed by atoms with van der Waals surface area (Å²) < 4.78 is 32.3. The predicted octanol–water partition coefficient (Wildman–Crippen LogP) is 1.55. The Hall–Kier alpha value is -2.19. The third-order valence-corrected chi connectivity index (χ3v) is 3.91. The minimum atomic E-state index is -3.73. The normalized spacial score (nSPS) is 10.9. The summed E-state index contributed by atoms with van der Waals surface area (Å²) in [5.41, 5.74) is 5.67. The van der Waals surface area contributed by atoms with Crippen molar-refractivity contribution in [3.8, 4) is 5.75 Å². The largest absolute Gasteiger partial charge is 0.484 e. The van der Waals surface area contributed by atoms with Gasteiger partial charge in [-0.3, -0.25) is 9.71 Å². The molecule has 2 rings (SSSR count). The van der Waals surface area contributed by atoms with Gasteiger partial charge in [0.1, 0.15) is 22.2 Å². The van der Waals surface area contributed by atoms with Gasteiger partial charge >= 0.3 is 0 Å². The van der Waals surface area contributed by atoms with Gasteiger partial charge in [-0.15, -0.1) is 0 Å². The van der Waals surface area contributed by atoms with Crippen LogP contribution in [0.25, 0.3) is 0 Å². The van der Waals surface area contributed by atoms with Crippen LogP contribution in [0, 0.1) is 0 Å². The molecule has 21 heavy (non-hydrogen) atoms. The number of nitrogens with zero attached hydrogens (tertiary/aromatic N) is 1. The number of para-hydroxylation sites is 2. The van der Waals surface area contributed by atoms with Crippen molar-refractivity contribution in [2.24, 2.45) is 5.73 Å². The van der Waals surface area contributed by atoms with Gasteiger partial charge in [-0.25, -0.2) is 8.42 Å². The van der Waals surface area contributed by atoms with Gasteiger partial charge in [0.2, 0.25) is 0 Å². The molecular formula is C13H13N3O3S2. The standard InChI is InChI=1S/C13H13N3O3S2/c14-13(20)9-19-12-6-2-1-5-11(12)16-21(17,18)10-4-3-7-15-8-10/h1-8,16H,9H2,(H2,14,20). The van der Waals surface area contributed by atoms with Crippen LogP contribution in [0.5, 0.6) is 5.75 Å². The van der Waals surface area contributed by atoms with Crippen molar-refractivity contribution in [1.82, 2.24) is 4.98 Å². The fourth-order valence-electron chi connectivity index (χ4n) is 1.54. The number of anilines is 1. The maximum absolute atomic E-state index is 12.2. The molecule has 0 bridgehead atoms. The van der Waals surface area contributed by atoms with Gasteiger partial charge < -0.3 is 10.5 Å². The van der Waals surface area contributed by atoms with Crippen LogP contribution in [0.1, 0.15) is 0 Å². The van der Waals surface area contributed by atoms with E-state index in [1.807, 2.05) is 0 Å². The number of nitrogens with one attached hydrogen (secondary N) is 1. The van der Waals surface area contributed by atoms with E-state index in [1.54, 1.807) is 30.3 Å². The first kappa shape index (κ1) is 15.2. The molecule has 6 nitrogen and oxygen atoms in total. The summed E-state index contributed by atoms with van der Waals surface area (Å²) in [7, 11) is -3.73. The zero-order valence-electron chi connectivity index (χ0n) is 10.9. The number of benzene rings is 1. The van der Waals surface area contributed by atoms with Crippen molar-refractivity contribution in [2.75, 3.05) is 11.3 Å². The number of nitrogens with two attached hydrogens (primary N) is 1. The lowest BCUT2D eigenvalue weighted by molar-refractivity contribution is 0.379. The van der Waals surface area contributed by atoms with Gasteiger partial charge in [0.25, 0.3) is 10.0 Å². The molecule has 1 aromatic carbocycles. The van der Waals surface area contributed by atoms with Gasteiger partial charge in [-0.2, -0.15) is 0 Å². The Balaban J connectivity index is 2.25. The molecule has 0 aliphatic heterocycles. The van der Waals surface area contributed by atoms with Crippen LogP contribution in [0.15, 0.2) is 53.7 Å². The lowest BCUT2D eigenvalue weighted by Gasteiger charge is -2.13. The van der Waals surface area contributed by atoms with Crippen molar-refractivity contribution in [3.05, 3.63) is 48.8 Å². The van der Waals surface area contributed by atoms with E-state index >= 15 is 0 Å². The molecule has 0 amide bonds. The topological polar surface area (TPSA) is 94.3 Å². The molecule has 0 saturated carbocycles. The van der Waals surface area contributed by atoms with Crippen LogP contribution in [-0.2, 0) is 10.0 Å². The molecule has 2 aromatic rings. The molecule has 1 heterocycles. The van der Waals surface area contributed by atoms with Gasteiger partial charge in [-0.1, -0.05) is 24.4 Å². The minimum absolute atomic E-state index is 0.0287. The SMILES string of the molecule is NC(=S)COc1ccccc1NS(=O)(=O)c1cccnc1. The number of hydrogen-bond donors (Lipinski definition) is 2. The number of sulfonamides is 1. The highest BCUT2D eigenvalue weighted by Gasteiger charge is 2.16. The van der Waals surface area contributed by atoms with Crippen LogP contribution in [0.4, 0.5) is 5.69 Å². The third-order valence-electron chi connectivity index (χ3n) is 2.45. The second-order valence-corrected chi connectivity index (χ2v) is 6.25. The Labute approximate surface area is 128 Å². The second-order valence-electron chi connectivity index (χ2n) is 4.05. The van der Waals surface area contributed by atoms with E-state index in [9.17, 15) is 8.42 Å². The first-order chi connectivity index (χ1) is 9.99. The smallest absolute Gasteiger partial charge is 0.263 e. The monoisotopic (exact) mass is 323 g/mol. The molecule has 0 fully saturated rings. The summed E-state index contributed by atoms with van der Waals surface area (Å²) in [6.45, 7) is 0.0287. The lowest BCUT2D eigenvalue weighted by atomic mass is 10.3. The second kappa shape index (κ2) is 6.51. The predicted molar refractivity (Wildman–Crippen MR) is 83.8 cm³/mol. The maximum atomic E-state index is 12.2. The fourth-order valence-corrected chi connectivity index (χ4v) is 2.63. The number of pyridine rings is 1. The van der Waals surface area contributed by atoms with Gasteiger partial charge in [0, 0.05) is 12.4 Å². The molecule has 0 unspecified atom stereocenters. The van der Waals surface area contributed by atoms with Crippen LogP contribution >= 0.6 is 12.2 Å². The molecule has 0 saturated heterocycles. The highest BCUT2D eigenvalue weighted by molar-refractivity contribution is 7.92. The van der Waals surface area contributed by atoms with Crippen molar-refractivity contribution in [2.45, 2.75) is 4.90 Å². The van der Waals surface area contributed by atoms with E-state index in [-0.39, 0.29) is 16.5 Å². The molecule has 0 radical (unpaired) electrons. The summed E-state index contributed by atoms with van der Waals surface area (Å²) in [6.07, 6.45) is 2.76. The zero-order chi connectivity index (χ0) is 15.3. The molecule has 1 aromatic heterocycles. The summed E-state index contributed by atoms with van der Waals surface area (Å²) >= 11 is 4.73. The Kier molecular flexibility index (Phi) is 4.71. The van der Waals surface area contributed by atoms with Crippen LogP contribution in [-0.4, -0.2) is 25.0 Å². The molecule has 0 aliphatic rings. The Morgan fingerprint density at radius 1 is 1.29 bits per heavy atom. The van der Waals surface area contributed by atoms with Gasteiger partial charge in [0.15, 0.2) is 0 Å². The molecule has 3 N–H and O–H groups in total. The average Bonchev–Trinajstić information content (AvgIpc) is 2.47. The number of hydrogen-bond acceptors (Lipinski definition) is 5. The minimum Gasteiger partial charge on any atom is -0.484 e. The van der Waals surface area contributed by atoms with E-state index in [0.717, 1.165) is 0 Å². The highest BCUT2D eigenvalue weighted by atomic mass is 32.2. The van der Waals surface area contributed by atoms with Gasteiger partial charge in [0.05, 0.1) is 5.69 Å². The third kappa shape index (κ3) is 4.14. The van der Waals surface area contributed by atoms with Crippen molar-refractivity contribution in [3.63, 3.8) is 0 Å². The molecule has 8 heteroatoms. The van der Waals surface area contributed by atoms with Crippen molar-refractivity contribution >= 4 is 32.9 Å².